The maximum Gasteiger partial charge on any atom is 0.325 e. The number of rotatable bonds is 5. The first-order chi connectivity index (χ1) is 11.8. The van der Waals surface area contributed by atoms with E-state index in [4.69, 9.17) is 10.5 Å². The van der Waals surface area contributed by atoms with Crippen LogP contribution in [0.5, 0.6) is 0 Å². The lowest BCUT2D eigenvalue weighted by atomic mass is 9.91. The molecule has 0 spiro atoms. The van der Waals surface area contributed by atoms with E-state index in [1.807, 2.05) is 12.1 Å². The lowest BCUT2D eigenvalue weighted by Crippen LogP contribution is -2.43. The van der Waals surface area contributed by atoms with Crippen molar-refractivity contribution in [3.05, 3.63) is 35.4 Å². The Morgan fingerprint density at radius 2 is 2.08 bits per heavy atom. The molecule has 1 N–H and O–H groups in total. The zero-order valence-electron chi connectivity index (χ0n) is 13.9. The first-order valence-electron chi connectivity index (χ1n) is 7.59. The quantitative estimate of drug-likeness (QED) is 0.792. The van der Waals surface area contributed by atoms with Crippen LogP contribution in [-0.2, 0) is 15.1 Å². The van der Waals surface area contributed by atoms with Crippen molar-refractivity contribution >= 4 is 17.8 Å². The number of nitrogens with one attached hydrogen (secondary N) is 1. The van der Waals surface area contributed by atoms with Crippen LogP contribution in [0.15, 0.2) is 24.3 Å². The van der Waals surface area contributed by atoms with Gasteiger partial charge in [-0.15, -0.1) is 0 Å². The zero-order chi connectivity index (χ0) is 18.6. The number of carbonyl (C=O) groups excluding carboxylic acids is 3. The maximum absolute atomic E-state index is 12.7. The van der Waals surface area contributed by atoms with Gasteiger partial charge in [-0.3, -0.25) is 14.5 Å². The fraction of sp³-hybridized carbons (Fsp3) is 0.353. The summed E-state index contributed by atoms with van der Waals surface area (Å²) in [6.07, 6.45) is 0.168. The summed E-state index contributed by atoms with van der Waals surface area (Å²) in [6, 6.07) is 9.64. The molecule has 0 bridgehead atoms. The Hall–Kier alpha value is -3.39. The molecular weight excluding hydrogens is 322 g/mol. The number of amides is 4. The van der Waals surface area contributed by atoms with Crippen LogP contribution in [0.2, 0.25) is 0 Å². The lowest BCUT2D eigenvalue weighted by Gasteiger charge is -2.23. The average Bonchev–Trinajstić information content (AvgIpc) is 2.83. The van der Waals surface area contributed by atoms with Crippen molar-refractivity contribution in [2.45, 2.75) is 18.9 Å². The molecule has 1 aliphatic rings. The Kier molecular flexibility index (Phi) is 5.04. The van der Waals surface area contributed by atoms with Crippen LogP contribution in [0.3, 0.4) is 0 Å². The fourth-order valence-electron chi connectivity index (χ4n) is 2.53. The summed E-state index contributed by atoms with van der Waals surface area (Å²) >= 11 is 0. The SMILES string of the molecule is CN(CCC#N)C(=O)CN1C(=O)NC(C)(c2cccc(C#N)c2)C1=O. The van der Waals surface area contributed by atoms with E-state index in [-0.39, 0.29) is 13.0 Å². The largest absolute Gasteiger partial charge is 0.343 e. The molecule has 25 heavy (non-hydrogen) atoms. The van der Waals surface area contributed by atoms with Crippen molar-refractivity contribution in [3.63, 3.8) is 0 Å². The predicted octanol–water partition coefficient (Wildman–Crippen LogP) is 0.697. The Morgan fingerprint density at radius 3 is 2.72 bits per heavy atom. The number of carbonyl (C=O) groups is 3. The van der Waals surface area contributed by atoms with Gasteiger partial charge >= 0.3 is 6.03 Å². The van der Waals surface area contributed by atoms with Crippen LogP contribution < -0.4 is 5.32 Å². The fourth-order valence-corrected chi connectivity index (χ4v) is 2.53. The summed E-state index contributed by atoms with van der Waals surface area (Å²) in [5, 5.41) is 20.2. The molecule has 0 aromatic heterocycles. The minimum Gasteiger partial charge on any atom is -0.343 e. The van der Waals surface area contributed by atoms with E-state index in [9.17, 15) is 14.4 Å². The first-order valence-corrected chi connectivity index (χ1v) is 7.59. The standard InChI is InChI=1S/C17H17N5O3/c1-17(13-6-3-5-12(9-13)10-19)15(24)22(16(25)20-17)11-14(23)21(2)8-4-7-18/h3,5-6,9H,4,8,11H2,1-2H3,(H,20,25). The normalized spacial score (nSPS) is 19.1. The van der Waals surface area contributed by atoms with E-state index >= 15 is 0 Å². The molecule has 128 valence electrons. The van der Waals surface area contributed by atoms with Gasteiger partial charge in [-0.25, -0.2) is 4.79 Å². The van der Waals surface area contributed by atoms with Crippen molar-refractivity contribution in [2.75, 3.05) is 20.1 Å². The van der Waals surface area contributed by atoms with Gasteiger partial charge in [-0.2, -0.15) is 10.5 Å². The Balaban J connectivity index is 2.20. The molecule has 1 heterocycles. The molecule has 8 nitrogen and oxygen atoms in total. The third-order valence-electron chi connectivity index (χ3n) is 4.12. The van der Waals surface area contributed by atoms with Crippen LogP contribution in [0, 0.1) is 22.7 Å². The highest BCUT2D eigenvalue weighted by molar-refractivity contribution is 6.09. The highest BCUT2D eigenvalue weighted by atomic mass is 16.2. The van der Waals surface area contributed by atoms with E-state index < -0.39 is 29.9 Å². The highest BCUT2D eigenvalue weighted by Crippen LogP contribution is 2.29. The van der Waals surface area contributed by atoms with E-state index in [1.165, 1.54) is 24.9 Å². The monoisotopic (exact) mass is 339 g/mol. The van der Waals surface area contributed by atoms with E-state index in [0.717, 1.165) is 4.90 Å². The third kappa shape index (κ3) is 3.43. The van der Waals surface area contributed by atoms with Crippen molar-refractivity contribution < 1.29 is 14.4 Å². The molecule has 1 fully saturated rings. The summed E-state index contributed by atoms with van der Waals surface area (Å²) in [4.78, 5) is 39.2. The topological polar surface area (TPSA) is 117 Å². The van der Waals surface area contributed by atoms with E-state index in [0.29, 0.717) is 11.1 Å². The molecular formula is C17H17N5O3. The van der Waals surface area contributed by atoms with Crippen LogP contribution in [0.4, 0.5) is 4.79 Å². The molecule has 1 aliphatic heterocycles. The molecule has 0 radical (unpaired) electrons. The predicted molar refractivity (Wildman–Crippen MR) is 86.6 cm³/mol. The molecule has 1 unspecified atom stereocenters. The van der Waals surface area contributed by atoms with Crippen molar-refractivity contribution in [1.29, 1.82) is 10.5 Å². The summed E-state index contributed by atoms with van der Waals surface area (Å²) in [5.74, 6) is -0.997. The number of likely N-dealkylation sites (N-methyl/N-ethyl adjacent to an activating group) is 1. The molecule has 1 saturated heterocycles. The summed E-state index contributed by atoms with van der Waals surface area (Å²) < 4.78 is 0. The minimum absolute atomic E-state index is 0.168. The number of hydrogen-bond donors (Lipinski definition) is 1. The van der Waals surface area contributed by atoms with Crippen molar-refractivity contribution in [1.82, 2.24) is 15.1 Å². The van der Waals surface area contributed by atoms with Gasteiger partial charge in [0.1, 0.15) is 12.1 Å². The maximum atomic E-state index is 12.7. The van der Waals surface area contributed by atoms with Gasteiger partial charge in [0, 0.05) is 13.6 Å². The molecule has 2 rings (SSSR count). The number of hydrogen-bond acceptors (Lipinski definition) is 5. The Morgan fingerprint density at radius 1 is 1.36 bits per heavy atom. The van der Waals surface area contributed by atoms with Crippen LogP contribution in [-0.4, -0.2) is 47.8 Å². The second-order valence-corrected chi connectivity index (χ2v) is 5.86. The van der Waals surface area contributed by atoms with Gasteiger partial charge < -0.3 is 10.2 Å². The number of imide groups is 1. The van der Waals surface area contributed by atoms with Gasteiger partial charge in [-0.05, 0) is 24.6 Å². The van der Waals surface area contributed by atoms with Crippen LogP contribution in [0.1, 0.15) is 24.5 Å². The number of nitrogens with zero attached hydrogens (tertiary/aromatic N) is 4. The summed E-state index contributed by atoms with van der Waals surface area (Å²) in [7, 11) is 1.51. The number of nitriles is 2. The van der Waals surface area contributed by atoms with Crippen LogP contribution >= 0.6 is 0 Å². The Labute approximate surface area is 145 Å². The molecule has 4 amide bonds. The minimum atomic E-state index is -1.34. The lowest BCUT2D eigenvalue weighted by molar-refractivity contribution is -0.138. The molecule has 1 aromatic rings. The molecule has 1 atom stereocenters. The van der Waals surface area contributed by atoms with Crippen molar-refractivity contribution in [3.8, 4) is 12.1 Å². The molecule has 0 aliphatic carbocycles. The van der Waals surface area contributed by atoms with E-state index in [2.05, 4.69) is 5.32 Å². The average molecular weight is 339 g/mol. The zero-order valence-corrected chi connectivity index (χ0v) is 13.9. The second kappa shape index (κ2) is 7.02. The van der Waals surface area contributed by atoms with Gasteiger partial charge in [0.25, 0.3) is 5.91 Å². The second-order valence-electron chi connectivity index (χ2n) is 5.86. The summed E-state index contributed by atoms with van der Waals surface area (Å²) in [5.41, 5.74) is -0.501. The van der Waals surface area contributed by atoms with Gasteiger partial charge in [0.2, 0.25) is 5.91 Å². The van der Waals surface area contributed by atoms with Gasteiger partial charge in [0.05, 0.1) is 24.1 Å². The molecule has 1 aromatic carbocycles. The number of benzene rings is 1. The van der Waals surface area contributed by atoms with Gasteiger partial charge in [0.15, 0.2) is 0 Å². The van der Waals surface area contributed by atoms with Gasteiger partial charge in [-0.1, -0.05) is 12.1 Å². The summed E-state index contributed by atoms with van der Waals surface area (Å²) in [6.45, 7) is 1.36. The number of urea groups is 1. The van der Waals surface area contributed by atoms with Crippen LogP contribution in [0.25, 0.3) is 0 Å². The Bertz CT molecular complexity index is 807. The third-order valence-corrected chi connectivity index (χ3v) is 4.12. The first kappa shape index (κ1) is 18.0. The molecule has 0 saturated carbocycles. The van der Waals surface area contributed by atoms with Crippen molar-refractivity contribution in [2.24, 2.45) is 0 Å². The smallest absolute Gasteiger partial charge is 0.325 e. The molecule has 8 heteroatoms. The van der Waals surface area contributed by atoms with E-state index in [1.54, 1.807) is 18.2 Å². The highest BCUT2D eigenvalue weighted by Gasteiger charge is 2.49.